The Morgan fingerprint density at radius 1 is 1.08 bits per heavy atom. The molecule has 0 spiro atoms. The number of ether oxygens (including phenoxy) is 1. The summed E-state index contributed by atoms with van der Waals surface area (Å²) in [6.07, 6.45) is 1.12. The maximum atomic E-state index is 11.9. The molecule has 0 atom stereocenters. The second kappa shape index (κ2) is 10.5. The summed E-state index contributed by atoms with van der Waals surface area (Å²) >= 11 is 5.93. The average molecular weight is 375 g/mol. The minimum absolute atomic E-state index is 0.0114. The highest BCUT2D eigenvalue weighted by atomic mass is 35.5. The summed E-state index contributed by atoms with van der Waals surface area (Å²) in [6.45, 7) is 3.22. The lowest BCUT2D eigenvalue weighted by Crippen LogP contribution is -2.27. The smallest absolute Gasteiger partial charge is 0.338 e. The number of hydrogen-bond acceptors (Lipinski definition) is 4. The lowest BCUT2D eigenvalue weighted by molar-refractivity contribution is -0.120. The number of halogens is 1. The van der Waals surface area contributed by atoms with Gasteiger partial charge < -0.3 is 15.4 Å². The van der Waals surface area contributed by atoms with Crippen LogP contribution in [0.4, 0.5) is 5.69 Å². The molecule has 2 N–H and O–H groups in total. The van der Waals surface area contributed by atoms with Crippen molar-refractivity contribution in [2.45, 2.75) is 19.8 Å². The van der Waals surface area contributed by atoms with E-state index in [0.717, 1.165) is 17.7 Å². The molecule has 5 nitrogen and oxygen atoms in total. The molecule has 0 heterocycles. The maximum absolute atomic E-state index is 11.9. The van der Waals surface area contributed by atoms with Gasteiger partial charge in [0.05, 0.1) is 12.2 Å². The fraction of sp³-hybridized carbons (Fsp3) is 0.300. The highest BCUT2D eigenvalue weighted by Gasteiger charge is 2.06. The van der Waals surface area contributed by atoms with Crippen LogP contribution >= 0.6 is 11.6 Å². The first-order valence-corrected chi connectivity index (χ1v) is 8.98. The predicted molar refractivity (Wildman–Crippen MR) is 104 cm³/mol. The molecular weight excluding hydrogens is 352 g/mol. The average Bonchev–Trinajstić information content (AvgIpc) is 2.62. The van der Waals surface area contributed by atoms with Crippen LogP contribution in [0.3, 0.4) is 0 Å². The summed E-state index contributed by atoms with van der Waals surface area (Å²) in [5, 5.41) is 6.75. The number of carbonyl (C=O) groups excluding carboxylic acids is 2. The molecule has 1 amide bonds. The van der Waals surface area contributed by atoms with Gasteiger partial charge in [-0.3, -0.25) is 4.79 Å². The van der Waals surface area contributed by atoms with Crippen molar-refractivity contribution in [3.8, 4) is 0 Å². The fourth-order valence-electron chi connectivity index (χ4n) is 2.39. The van der Waals surface area contributed by atoms with Crippen LogP contribution < -0.4 is 10.6 Å². The van der Waals surface area contributed by atoms with Gasteiger partial charge in [-0.05, 0) is 55.3 Å². The normalized spacial score (nSPS) is 10.2. The van der Waals surface area contributed by atoms with Gasteiger partial charge in [0, 0.05) is 30.2 Å². The van der Waals surface area contributed by atoms with Crippen LogP contribution in [-0.4, -0.2) is 31.6 Å². The Hall–Kier alpha value is -2.53. The molecular formula is C20H23ClN2O3. The van der Waals surface area contributed by atoms with Gasteiger partial charge in [-0.25, -0.2) is 4.79 Å². The first-order chi connectivity index (χ1) is 12.6. The molecule has 138 valence electrons. The molecule has 0 radical (unpaired) electrons. The van der Waals surface area contributed by atoms with Gasteiger partial charge in [0.2, 0.25) is 5.91 Å². The largest absolute Gasteiger partial charge is 0.462 e. The van der Waals surface area contributed by atoms with E-state index in [1.54, 1.807) is 31.2 Å². The highest BCUT2D eigenvalue weighted by Crippen LogP contribution is 2.11. The number of nitrogens with one attached hydrogen (secondary N) is 2. The zero-order valence-corrected chi connectivity index (χ0v) is 15.5. The Balaban J connectivity index is 1.65. The summed E-state index contributed by atoms with van der Waals surface area (Å²) in [6, 6.07) is 14.6. The minimum atomic E-state index is -0.335. The Labute approximate surface area is 158 Å². The van der Waals surface area contributed by atoms with E-state index in [9.17, 15) is 9.59 Å². The van der Waals surface area contributed by atoms with Gasteiger partial charge in [0.25, 0.3) is 0 Å². The van der Waals surface area contributed by atoms with E-state index < -0.39 is 0 Å². The van der Waals surface area contributed by atoms with E-state index in [4.69, 9.17) is 16.3 Å². The van der Waals surface area contributed by atoms with E-state index in [2.05, 4.69) is 10.6 Å². The third-order valence-corrected chi connectivity index (χ3v) is 3.94. The van der Waals surface area contributed by atoms with Crippen molar-refractivity contribution in [1.82, 2.24) is 5.32 Å². The van der Waals surface area contributed by atoms with Crippen molar-refractivity contribution in [2.75, 3.05) is 25.0 Å². The topological polar surface area (TPSA) is 67.4 Å². The van der Waals surface area contributed by atoms with E-state index in [1.165, 1.54) is 0 Å². The standard InChI is InChI=1S/C20H23ClN2O3/c1-2-26-20(25)16-6-8-18(9-7-16)22-13-11-19(24)23-12-10-15-4-3-5-17(21)14-15/h3-9,14,22H,2,10-13H2,1H3,(H,23,24). The first kappa shape index (κ1) is 19.8. The molecule has 0 aliphatic rings. The van der Waals surface area contributed by atoms with Crippen LogP contribution in [0.2, 0.25) is 5.02 Å². The Bertz CT molecular complexity index is 732. The quantitative estimate of drug-likeness (QED) is 0.657. The highest BCUT2D eigenvalue weighted by molar-refractivity contribution is 6.30. The maximum Gasteiger partial charge on any atom is 0.338 e. The molecule has 2 aromatic carbocycles. The van der Waals surface area contributed by atoms with Crippen LogP contribution in [0, 0.1) is 0 Å². The number of benzene rings is 2. The van der Waals surface area contributed by atoms with Crippen molar-refractivity contribution < 1.29 is 14.3 Å². The van der Waals surface area contributed by atoms with Crippen LogP contribution in [0.25, 0.3) is 0 Å². The van der Waals surface area contributed by atoms with Gasteiger partial charge in [-0.1, -0.05) is 23.7 Å². The molecule has 0 aromatic heterocycles. The summed E-state index contributed by atoms with van der Waals surface area (Å²) in [4.78, 5) is 23.4. The third kappa shape index (κ3) is 6.76. The van der Waals surface area contributed by atoms with E-state index in [-0.39, 0.29) is 11.9 Å². The number of esters is 1. The molecule has 0 aliphatic carbocycles. The summed E-state index contributed by atoms with van der Waals surface area (Å²) < 4.78 is 4.94. The Morgan fingerprint density at radius 2 is 1.85 bits per heavy atom. The Morgan fingerprint density at radius 3 is 2.54 bits per heavy atom. The summed E-state index contributed by atoms with van der Waals surface area (Å²) in [7, 11) is 0. The number of rotatable bonds is 9. The Kier molecular flexibility index (Phi) is 7.96. The molecule has 0 saturated heterocycles. The van der Waals surface area contributed by atoms with Gasteiger partial charge in [-0.2, -0.15) is 0 Å². The van der Waals surface area contributed by atoms with E-state index in [0.29, 0.717) is 36.7 Å². The van der Waals surface area contributed by atoms with Gasteiger partial charge in [-0.15, -0.1) is 0 Å². The molecule has 0 bridgehead atoms. The van der Waals surface area contributed by atoms with Crippen molar-refractivity contribution in [3.63, 3.8) is 0 Å². The third-order valence-electron chi connectivity index (χ3n) is 3.70. The second-order valence-corrected chi connectivity index (χ2v) is 6.14. The predicted octanol–water partition coefficient (Wildman–Crippen LogP) is 3.68. The monoisotopic (exact) mass is 374 g/mol. The molecule has 0 saturated carbocycles. The number of carbonyl (C=O) groups is 2. The number of amides is 1. The minimum Gasteiger partial charge on any atom is -0.462 e. The molecule has 2 rings (SSSR count). The fourth-order valence-corrected chi connectivity index (χ4v) is 2.60. The molecule has 26 heavy (non-hydrogen) atoms. The van der Waals surface area contributed by atoms with Gasteiger partial charge in [0.1, 0.15) is 0 Å². The first-order valence-electron chi connectivity index (χ1n) is 8.60. The number of anilines is 1. The molecule has 2 aromatic rings. The molecule has 0 aliphatic heterocycles. The van der Waals surface area contributed by atoms with Crippen LogP contribution in [0.1, 0.15) is 29.3 Å². The summed E-state index contributed by atoms with van der Waals surface area (Å²) in [5.41, 5.74) is 2.46. The molecule has 0 unspecified atom stereocenters. The van der Waals surface area contributed by atoms with Crippen LogP contribution in [0.5, 0.6) is 0 Å². The molecule has 6 heteroatoms. The second-order valence-electron chi connectivity index (χ2n) is 5.70. The summed E-state index contributed by atoms with van der Waals surface area (Å²) in [5.74, 6) is -0.346. The van der Waals surface area contributed by atoms with E-state index in [1.807, 2.05) is 24.3 Å². The van der Waals surface area contributed by atoms with Crippen molar-refractivity contribution >= 4 is 29.2 Å². The SMILES string of the molecule is CCOC(=O)c1ccc(NCCC(=O)NCCc2cccc(Cl)c2)cc1. The zero-order valence-electron chi connectivity index (χ0n) is 14.8. The van der Waals surface area contributed by atoms with E-state index >= 15 is 0 Å². The zero-order chi connectivity index (χ0) is 18.8. The van der Waals surface area contributed by atoms with Crippen molar-refractivity contribution in [3.05, 3.63) is 64.7 Å². The van der Waals surface area contributed by atoms with Crippen LogP contribution in [-0.2, 0) is 16.0 Å². The van der Waals surface area contributed by atoms with Crippen molar-refractivity contribution in [1.29, 1.82) is 0 Å². The number of hydrogen-bond donors (Lipinski definition) is 2. The lowest BCUT2D eigenvalue weighted by Gasteiger charge is -2.08. The lowest BCUT2D eigenvalue weighted by atomic mass is 10.1. The van der Waals surface area contributed by atoms with Crippen LogP contribution in [0.15, 0.2) is 48.5 Å². The van der Waals surface area contributed by atoms with Gasteiger partial charge in [0.15, 0.2) is 0 Å². The van der Waals surface area contributed by atoms with Crippen molar-refractivity contribution in [2.24, 2.45) is 0 Å². The van der Waals surface area contributed by atoms with Gasteiger partial charge >= 0.3 is 5.97 Å². The molecule has 0 fully saturated rings.